The van der Waals surface area contributed by atoms with Gasteiger partial charge < -0.3 is 9.15 Å². The number of rotatable bonds is 3. The molecule has 0 N–H and O–H groups in total. The molecule has 5 heteroatoms. The molecular formula is C13H15N3O2. The molecule has 18 heavy (non-hydrogen) atoms. The maximum atomic E-state index is 5.67. The lowest BCUT2D eigenvalue weighted by Crippen LogP contribution is -2.35. The van der Waals surface area contributed by atoms with Gasteiger partial charge in [0.25, 0.3) is 0 Å². The first-order valence-corrected chi connectivity index (χ1v) is 6.10. The molecule has 0 amide bonds. The Bertz CT molecular complexity index is 492. The molecule has 0 unspecified atom stereocenters. The second-order valence-corrected chi connectivity index (χ2v) is 4.26. The second-order valence-electron chi connectivity index (χ2n) is 4.26. The highest BCUT2D eigenvalue weighted by atomic mass is 16.5. The Labute approximate surface area is 105 Å². The predicted octanol–water partition coefficient (Wildman–Crippen LogP) is 1.57. The van der Waals surface area contributed by atoms with Crippen LogP contribution in [0.15, 0.2) is 34.7 Å². The van der Waals surface area contributed by atoms with Gasteiger partial charge >= 0.3 is 0 Å². The number of morpholine rings is 1. The summed E-state index contributed by atoms with van der Waals surface area (Å²) in [5.41, 5.74) is 0.957. The molecule has 1 fully saturated rings. The van der Waals surface area contributed by atoms with Crippen LogP contribution >= 0.6 is 0 Å². The zero-order valence-corrected chi connectivity index (χ0v) is 10.1. The van der Waals surface area contributed by atoms with Crippen molar-refractivity contribution >= 4 is 0 Å². The number of nitrogens with zero attached hydrogens (tertiary/aromatic N) is 3. The molecule has 5 nitrogen and oxygen atoms in total. The minimum absolute atomic E-state index is 0.582. The average molecular weight is 245 g/mol. The van der Waals surface area contributed by atoms with Crippen LogP contribution in [0.25, 0.3) is 11.5 Å². The van der Waals surface area contributed by atoms with E-state index in [0.717, 1.165) is 31.9 Å². The van der Waals surface area contributed by atoms with Crippen molar-refractivity contribution in [3.8, 4) is 11.5 Å². The van der Waals surface area contributed by atoms with E-state index in [4.69, 9.17) is 9.15 Å². The highest BCUT2D eigenvalue weighted by Crippen LogP contribution is 2.17. The Morgan fingerprint density at radius 2 is 1.83 bits per heavy atom. The quantitative estimate of drug-likeness (QED) is 0.821. The van der Waals surface area contributed by atoms with Crippen LogP contribution in [-0.2, 0) is 11.3 Å². The summed E-state index contributed by atoms with van der Waals surface area (Å²) >= 11 is 0. The van der Waals surface area contributed by atoms with Crippen LogP contribution < -0.4 is 0 Å². The van der Waals surface area contributed by atoms with Gasteiger partial charge in [0, 0.05) is 18.7 Å². The molecule has 0 spiro atoms. The van der Waals surface area contributed by atoms with Crippen molar-refractivity contribution in [1.29, 1.82) is 0 Å². The van der Waals surface area contributed by atoms with Crippen LogP contribution in [0.5, 0.6) is 0 Å². The third-order valence-electron chi connectivity index (χ3n) is 2.95. The summed E-state index contributed by atoms with van der Waals surface area (Å²) in [6.45, 7) is 4.09. The van der Waals surface area contributed by atoms with Crippen LogP contribution in [-0.4, -0.2) is 41.4 Å². The molecule has 1 saturated heterocycles. The fourth-order valence-corrected chi connectivity index (χ4v) is 1.97. The normalized spacial score (nSPS) is 16.9. The van der Waals surface area contributed by atoms with Crippen molar-refractivity contribution in [2.75, 3.05) is 26.3 Å². The lowest BCUT2D eigenvalue weighted by atomic mass is 10.2. The van der Waals surface area contributed by atoms with Gasteiger partial charge in [-0.1, -0.05) is 18.2 Å². The van der Waals surface area contributed by atoms with Gasteiger partial charge in [0.2, 0.25) is 11.8 Å². The van der Waals surface area contributed by atoms with Crippen molar-refractivity contribution < 1.29 is 9.15 Å². The van der Waals surface area contributed by atoms with Crippen LogP contribution in [0.4, 0.5) is 0 Å². The third-order valence-corrected chi connectivity index (χ3v) is 2.95. The molecule has 1 aromatic heterocycles. The van der Waals surface area contributed by atoms with Gasteiger partial charge in [0.15, 0.2) is 0 Å². The lowest BCUT2D eigenvalue weighted by molar-refractivity contribution is 0.0306. The molecule has 0 bridgehead atoms. The van der Waals surface area contributed by atoms with E-state index in [0.29, 0.717) is 18.3 Å². The number of ether oxygens (including phenoxy) is 1. The highest BCUT2D eigenvalue weighted by molar-refractivity contribution is 5.51. The lowest BCUT2D eigenvalue weighted by Gasteiger charge is -2.24. The second kappa shape index (κ2) is 5.29. The molecule has 0 radical (unpaired) electrons. The van der Waals surface area contributed by atoms with E-state index in [-0.39, 0.29) is 0 Å². The summed E-state index contributed by atoms with van der Waals surface area (Å²) in [4.78, 5) is 2.26. The Morgan fingerprint density at radius 1 is 1.06 bits per heavy atom. The van der Waals surface area contributed by atoms with Crippen molar-refractivity contribution in [1.82, 2.24) is 15.1 Å². The van der Waals surface area contributed by atoms with E-state index < -0.39 is 0 Å². The predicted molar refractivity (Wildman–Crippen MR) is 65.8 cm³/mol. The summed E-state index contributed by atoms with van der Waals surface area (Å²) in [5.74, 6) is 1.25. The summed E-state index contributed by atoms with van der Waals surface area (Å²) in [6.07, 6.45) is 0. The maximum absolute atomic E-state index is 5.67. The maximum Gasteiger partial charge on any atom is 0.247 e. The zero-order valence-electron chi connectivity index (χ0n) is 10.1. The monoisotopic (exact) mass is 245 g/mol. The fourth-order valence-electron chi connectivity index (χ4n) is 1.97. The Morgan fingerprint density at radius 3 is 2.61 bits per heavy atom. The number of hydrogen-bond acceptors (Lipinski definition) is 5. The smallest absolute Gasteiger partial charge is 0.247 e. The molecule has 94 valence electrons. The molecule has 0 aliphatic carbocycles. The Kier molecular flexibility index (Phi) is 3.34. The fraction of sp³-hybridized carbons (Fsp3) is 0.385. The number of benzene rings is 1. The molecular weight excluding hydrogens is 230 g/mol. The van der Waals surface area contributed by atoms with E-state index in [1.54, 1.807) is 0 Å². The van der Waals surface area contributed by atoms with Crippen LogP contribution in [0.3, 0.4) is 0 Å². The van der Waals surface area contributed by atoms with Crippen molar-refractivity contribution in [3.05, 3.63) is 36.2 Å². The van der Waals surface area contributed by atoms with Gasteiger partial charge in [0.1, 0.15) is 0 Å². The van der Waals surface area contributed by atoms with E-state index in [2.05, 4.69) is 15.1 Å². The summed E-state index contributed by atoms with van der Waals surface area (Å²) < 4.78 is 11.0. The third kappa shape index (κ3) is 2.57. The zero-order chi connectivity index (χ0) is 12.2. The van der Waals surface area contributed by atoms with Gasteiger partial charge in [-0.2, -0.15) is 0 Å². The van der Waals surface area contributed by atoms with Crippen LogP contribution in [0, 0.1) is 0 Å². The molecule has 0 saturated carbocycles. The van der Waals surface area contributed by atoms with Gasteiger partial charge in [-0.05, 0) is 12.1 Å². The average Bonchev–Trinajstić information content (AvgIpc) is 2.89. The number of hydrogen-bond donors (Lipinski definition) is 0. The van der Waals surface area contributed by atoms with Gasteiger partial charge in [-0.25, -0.2) is 0 Å². The summed E-state index contributed by atoms with van der Waals surface area (Å²) in [5, 5.41) is 8.16. The van der Waals surface area contributed by atoms with Crippen LogP contribution in [0.2, 0.25) is 0 Å². The van der Waals surface area contributed by atoms with Gasteiger partial charge in [0.05, 0.1) is 19.8 Å². The standard InChI is InChI=1S/C13H15N3O2/c1-2-4-11(5-3-1)13-15-14-12(18-13)10-16-6-8-17-9-7-16/h1-5H,6-10H2. The molecule has 1 aromatic carbocycles. The van der Waals surface area contributed by atoms with E-state index in [9.17, 15) is 0 Å². The first kappa shape index (κ1) is 11.4. The first-order valence-electron chi connectivity index (χ1n) is 6.10. The first-order chi connectivity index (χ1) is 8.92. The van der Waals surface area contributed by atoms with Crippen molar-refractivity contribution in [3.63, 3.8) is 0 Å². The van der Waals surface area contributed by atoms with E-state index >= 15 is 0 Å². The Hall–Kier alpha value is -1.72. The Balaban J connectivity index is 1.69. The molecule has 2 aromatic rings. The van der Waals surface area contributed by atoms with Crippen LogP contribution in [0.1, 0.15) is 5.89 Å². The minimum atomic E-state index is 0.582. The van der Waals surface area contributed by atoms with Crippen molar-refractivity contribution in [2.45, 2.75) is 6.54 Å². The molecule has 3 rings (SSSR count). The molecule has 1 aliphatic heterocycles. The summed E-state index contributed by atoms with van der Waals surface area (Å²) in [6, 6.07) is 9.81. The van der Waals surface area contributed by atoms with Gasteiger partial charge in [-0.15, -0.1) is 10.2 Å². The number of aromatic nitrogens is 2. The highest BCUT2D eigenvalue weighted by Gasteiger charge is 2.15. The topological polar surface area (TPSA) is 51.4 Å². The molecule has 1 aliphatic rings. The minimum Gasteiger partial charge on any atom is -0.419 e. The molecule has 0 atom stereocenters. The van der Waals surface area contributed by atoms with Gasteiger partial charge in [-0.3, -0.25) is 4.90 Å². The van der Waals surface area contributed by atoms with Crippen molar-refractivity contribution in [2.24, 2.45) is 0 Å². The summed E-state index contributed by atoms with van der Waals surface area (Å²) in [7, 11) is 0. The molecule has 2 heterocycles. The largest absolute Gasteiger partial charge is 0.419 e. The SMILES string of the molecule is c1ccc(-c2nnc(CN3CCOCC3)o2)cc1. The van der Waals surface area contributed by atoms with E-state index in [1.807, 2.05) is 30.3 Å². The van der Waals surface area contributed by atoms with E-state index in [1.165, 1.54) is 0 Å².